The quantitative estimate of drug-likeness (QED) is 0.562. The number of aryl methyl sites for hydroxylation is 2. The third kappa shape index (κ3) is 2.07. The lowest BCUT2D eigenvalue weighted by molar-refractivity contribution is 0.640. The van der Waals surface area contributed by atoms with Crippen LogP contribution in [0.2, 0.25) is 0 Å². The molecule has 0 saturated heterocycles. The standard InChI is InChI=1S/C15H17N5/c1-10-3-4-12(7-11(10)2)15(19-16)13-8-18-20-6-5-17-9-14(13)20/h3-9,15,19H,16H2,1-2H3. The lowest BCUT2D eigenvalue weighted by Crippen LogP contribution is -2.28. The summed E-state index contributed by atoms with van der Waals surface area (Å²) in [4.78, 5) is 4.16. The van der Waals surface area contributed by atoms with Gasteiger partial charge in [0, 0.05) is 18.0 Å². The van der Waals surface area contributed by atoms with Crippen molar-refractivity contribution in [2.45, 2.75) is 19.9 Å². The number of nitrogens with zero attached hydrogens (tertiary/aromatic N) is 3. The molecule has 1 atom stereocenters. The minimum atomic E-state index is -0.101. The van der Waals surface area contributed by atoms with Gasteiger partial charge in [0.25, 0.3) is 0 Å². The summed E-state index contributed by atoms with van der Waals surface area (Å²) in [6.07, 6.45) is 7.17. The van der Waals surface area contributed by atoms with Crippen molar-refractivity contribution in [1.29, 1.82) is 0 Å². The van der Waals surface area contributed by atoms with E-state index in [0.29, 0.717) is 0 Å². The van der Waals surface area contributed by atoms with E-state index in [1.807, 2.05) is 12.4 Å². The molecule has 0 aliphatic heterocycles. The second-order valence-electron chi connectivity index (χ2n) is 4.95. The van der Waals surface area contributed by atoms with Crippen LogP contribution in [0, 0.1) is 13.8 Å². The van der Waals surface area contributed by atoms with E-state index in [9.17, 15) is 0 Å². The molecule has 20 heavy (non-hydrogen) atoms. The summed E-state index contributed by atoms with van der Waals surface area (Å²) in [6, 6.07) is 6.25. The Labute approximate surface area is 117 Å². The number of nitrogens with two attached hydrogens (primary N) is 1. The number of hydrazine groups is 1. The Balaban J connectivity index is 2.11. The SMILES string of the molecule is Cc1ccc(C(NN)c2cnn3ccncc23)cc1C. The van der Waals surface area contributed by atoms with Gasteiger partial charge in [-0.05, 0) is 30.5 Å². The normalized spacial score (nSPS) is 12.8. The van der Waals surface area contributed by atoms with Gasteiger partial charge >= 0.3 is 0 Å². The summed E-state index contributed by atoms with van der Waals surface area (Å²) < 4.78 is 1.80. The maximum atomic E-state index is 5.77. The Bertz CT molecular complexity index is 747. The van der Waals surface area contributed by atoms with E-state index < -0.39 is 0 Å². The maximum Gasteiger partial charge on any atom is 0.0896 e. The van der Waals surface area contributed by atoms with Crippen LogP contribution < -0.4 is 11.3 Å². The van der Waals surface area contributed by atoms with E-state index in [1.165, 1.54) is 11.1 Å². The van der Waals surface area contributed by atoms with Crippen LogP contribution in [0.25, 0.3) is 5.52 Å². The molecule has 5 nitrogen and oxygen atoms in total. The van der Waals surface area contributed by atoms with E-state index in [2.05, 4.69) is 47.6 Å². The third-order valence-electron chi connectivity index (χ3n) is 3.70. The molecule has 1 aromatic carbocycles. The van der Waals surface area contributed by atoms with Crippen LogP contribution in [0.1, 0.15) is 28.3 Å². The Morgan fingerprint density at radius 2 is 2.05 bits per heavy atom. The van der Waals surface area contributed by atoms with Gasteiger partial charge in [-0.1, -0.05) is 18.2 Å². The van der Waals surface area contributed by atoms with E-state index in [1.54, 1.807) is 16.9 Å². The highest BCUT2D eigenvalue weighted by Gasteiger charge is 2.17. The molecule has 0 amide bonds. The van der Waals surface area contributed by atoms with E-state index in [4.69, 9.17) is 5.84 Å². The summed E-state index contributed by atoms with van der Waals surface area (Å²) in [5.41, 5.74) is 8.49. The van der Waals surface area contributed by atoms with Crippen molar-refractivity contribution in [3.8, 4) is 0 Å². The number of fused-ring (bicyclic) bond motifs is 1. The fraction of sp³-hybridized carbons (Fsp3) is 0.200. The largest absolute Gasteiger partial charge is 0.271 e. The fourth-order valence-corrected chi connectivity index (χ4v) is 2.38. The summed E-state index contributed by atoms with van der Waals surface area (Å²) in [5.74, 6) is 5.77. The smallest absolute Gasteiger partial charge is 0.0896 e. The second kappa shape index (κ2) is 5.03. The van der Waals surface area contributed by atoms with Gasteiger partial charge in [0.15, 0.2) is 0 Å². The van der Waals surface area contributed by atoms with Gasteiger partial charge in [0.1, 0.15) is 0 Å². The number of benzene rings is 1. The predicted octanol–water partition coefficient (Wildman–Crippen LogP) is 1.90. The molecule has 3 rings (SSSR count). The topological polar surface area (TPSA) is 68.2 Å². The highest BCUT2D eigenvalue weighted by atomic mass is 15.3. The van der Waals surface area contributed by atoms with Gasteiger partial charge in [-0.2, -0.15) is 5.10 Å². The van der Waals surface area contributed by atoms with Crippen LogP contribution in [0.3, 0.4) is 0 Å². The highest BCUT2D eigenvalue weighted by Crippen LogP contribution is 2.26. The molecule has 3 N–H and O–H groups in total. The van der Waals surface area contributed by atoms with Gasteiger partial charge in [-0.3, -0.25) is 10.8 Å². The Kier molecular flexibility index (Phi) is 3.22. The van der Waals surface area contributed by atoms with Crippen LogP contribution in [-0.4, -0.2) is 14.6 Å². The highest BCUT2D eigenvalue weighted by molar-refractivity contribution is 5.55. The fourth-order valence-electron chi connectivity index (χ4n) is 2.38. The van der Waals surface area contributed by atoms with Crippen molar-refractivity contribution in [3.05, 3.63) is 65.2 Å². The second-order valence-corrected chi connectivity index (χ2v) is 4.95. The van der Waals surface area contributed by atoms with Crippen molar-refractivity contribution in [2.75, 3.05) is 0 Å². The zero-order valence-electron chi connectivity index (χ0n) is 11.5. The molecular weight excluding hydrogens is 250 g/mol. The monoisotopic (exact) mass is 267 g/mol. The minimum absolute atomic E-state index is 0.101. The molecule has 2 aromatic heterocycles. The van der Waals surface area contributed by atoms with Crippen molar-refractivity contribution in [3.63, 3.8) is 0 Å². The molecule has 0 bridgehead atoms. The van der Waals surface area contributed by atoms with Crippen molar-refractivity contribution in [1.82, 2.24) is 20.0 Å². The van der Waals surface area contributed by atoms with E-state index >= 15 is 0 Å². The van der Waals surface area contributed by atoms with E-state index in [0.717, 1.165) is 16.6 Å². The zero-order chi connectivity index (χ0) is 14.1. The predicted molar refractivity (Wildman–Crippen MR) is 78.1 cm³/mol. The third-order valence-corrected chi connectivity index (χ3v) is 3.70. The Hall–Kier alpha value is -2.24. The molecule has 0 saturated carbocycles. The van der Waals surface area contributed by atoms with Crippen LogP contribution >= 0.6 is 0 Å². The number of hydrogen-bond donors (Lipinski definition) is 2. The first-order chi connectivity index (χ1) is 9.70. The van der Waals surface area contributed by atoms with Crippen LogP contribution in [0.5, 0.6) is 0 Å². The van der Waals surface area contributed by atoms with Gasteiger partial charge in [-0.15, -0.1) is 0 Å². The molecule has 102 valence electrons. The minimum Gasteiger partial charge on any atom is -0.271 e. The molecule has 0 fully saturated rings. The van der Waals surface area contributed by atoms with Gasteiger partial charge in [-0.25, -0.2) is 9.94 Å². The van der Waals surface area contributed by atoms with E-state index in [-0.39, 0.29) is 6.04 Å². The van der Waals surface area contributed by atoms with Gasteiger partial charge < -0.3 is 0 Å². The average molecular weight is 267 g/mol. The van der Waals surface area contributed by atoms with Crippen LogP contribution in [-0.2, 0) is 0 Å². The summed E-state index contributed by atoms with van der Waals surface area (Å²) in [6.45, 7) is 4.20. The Morgan fingerprint density at radius 3 is 2.80 bits per heavy atom. The number of hydrogen-bond acceptors (Lipinski definition) is 4. The lowest BCUT2D eigenvalue weighted by Gasteiger charge is -2.16. The first-order valence-corrected chi connectivity index (χ1v) is 6.51. The van der Waals surface area contributed by atoms with Crippen LogP contribution in [0.15, 0.2) is 43.0 Å². The van der Waals surface area contributed by atoms with Gasteiger partial charge in [0.2, 0.25) is 0 Å². The molecule has 3 aromatic rings. The zero-order valence-corrected chi connectivity index (χ0v) is 11.5. The first-order valence-electron chi connectivity index (χ1n) is 6.51. The molecule has 1 unspecified atom stereocenters. The van der Waals surface area contributed by atoms with Crippen molar-refractivity contribution < 1.29 is 0 Å². The van der Waals surface area contributed by atoms with Gasteiger partial charge in [0.05, 0.1) is 24.0 Å². The van der Waals surface area contributed by atoms with Crippen molar-refractivity contribution in [2.24, 2.45) is 5.84 Å². The molecule has 0 radical (unpaired) electrons. The average Bonchev–Trinajstić information content (AvgIpc) is 2.88. The molecular formula is C15H17N5. The number of rotatable bonds is 3. The number of nitrogens with one attached hydrogen (secondary N) is 1. The molecule has 0 aliphatic carbocycles. The number of aromatic nitrogens is 3. The molecule has 5 heteroatoms. The van der Waals surface area contributed by atoms with Crippen molar-refractivity contribution >= 4 is 5.52 Å². The molecule has 2 heterocycles. The summed E-state index contributed by atoms with van der Waals surface area (Å²) >= 11 is 0. The Morgan fingerprint density at radius 1 is 1.20 bits per heavy atom. The summed E-state index contributed by atoms with van der Waals surface area (Å²) in [5, 5.41) is 4.33. The first kappa shape index (κ1) is 12.8. The van der Waals surface area contributed by atoms with Crippen LogP contribution in [0.4, 0.5) is 0 Å². The molecule has 0 spiro atoms. The molecule has 0 aliphatic rings. The lowest BCUT2D eigenvalue weighted by atomic mass is 9.97. The summed E-state index contributed by atoms with van der Waals surface area (Å²) in [7, 11) is 0. The maximum absolute atomic E-state index is 5.77.